The minimum atomic E-state index is 1.04. The largest absolute Gasteiger partial charge is 0.0622 e. The van der Waals surface area contributed by atoms with Gasteiger partial charge in [0.2, 0.25) is 0 Å². The molecule has 3 fully saturated rings. The van der Waals surface area contributed by atoms with Crippen LogP contribution in [-0.2, 0) is 0 Å². The van der Waals surface area contributed by atoms with Crippen LogP contribution in [0.1, 0.15) is 84.0 Å². The zero-order valence-electron chi connectivity index (χ0n) is 12.4. The van der Waals surface area contributed by atoms with Crippen molar-refractivity contribution in [1.29, 1.82) is 0 Å². The lowest BCUT2D eigenvalue weighted by Gasteiger charge is -2.42. The standard InChI is InChI=1S/C18H32/c1-14-6-4-8-15(14)12-13-17-10-5-9-16-7-2-3-11-18(16)17/h14-18H,2-13H2,1H3. The molecule has 0 N–H and O–H groups in total. The third kappa shape index (κ3) is 2.78. The molecule has 0 aromatic heterocycles. The molecular formula is C18H32. The maximum Gasteiger partial charge on any atom is -0.0357 e. The molecule has 0 heterocycles. The normalized spacial score (nSPS) is 44.8. The lowest BCUT2D eigenvalue weighted by Crippen LogP contribution is -2.31. The van der Waals surface area contributed by atoms with Crippen LogP contribution in [0.15, 0.2) is 0 Å². The summed E-state index contributed by atoms with van der Waals surface area (Å²) in [5, 5.41) is 0. The molecule has 0 saturated heterocycles. The first-order chi connectivity index (χ1) is 8.84. The molecule has 0 bridgehead atoms. The Balaban J connectivity index is 1.51. The van der Waals surface area contributed by atoms with Gasteiger partial charge in [-0.05, 0) is 48.9 Å². The molecule has 3 rings (SSSR count). The first-order valence-electron chi connectivity index (χ1n) is 8.84. The molecule has 0 aromatic rings. The SMILES string of the molecule is CC1CCCC1CCC1CCCC2CCCCC21. The van der Waals surface area contributed by atoms with Crippen molar-refractivity contribution in [3.05, 3.63) is 0 Å². The van der Waals surface area contributed by atoms with Gasteiger partial charge in [-0.15, -0.1) is 0 Å². The number of rotatable bonds is 3. The molecule has 5 unspecified atom stereocenters. The van der Waals surface area contributed by atoms with Gasteiger partial charge in [-0.1, -0.05) is 64.7 Å². The number of hydrogen-bond donors (Lipinski definition) is 0. The first kappa shape index (κ1) is 13.0. The summed E-state index contributed by atoms with van der Waals surface area (Å²) in [4.78, 5) is 0. The second kappa shape index (κ2) is 5.97. The highest BCUT2D eigenvalue weighted by Gasteiger charge is 2.35. The summed E-state index contributed by atoms with van der Waals surface area (Å²) >= 11 is 0. The van der Waals surface area contributed by atoms with E-state index >= 15 is 0 Å². The molecule has 5 atom stereocenters. The molecule has 0 heteroatoms. The molecule has 3 saturated carbocycles. The fraction of sp³-hybridized carbons (Fsp3) is 1.00. The van der Waals surface area contributed by atoms with Crippen molar-refractivity contribution < 1.29 is 0 Å². The second-order valence-electron chi connectivity index (χ2n) is 7.64. The Hall–Kier alpha value is 0. The summed E-state index contributed by atoms with van der Waals surface area (Å²) in [6, 6.07) is 0. The number of fused-ring (bicyclic) bond motifs is 1. The highest BCUT2D eigenvalue weighted by molar-refractivity contribution is 4.86. The van der Waals surface area contributed by atoms with E-state index in [1.165, 1.54) is 25.7 Å². The van der Waals surface area contributed by atoms with Gasteiger partial charge in [0.1, 0.15) is 0 Å². The Morgan fingerprint density at radius 3 is 2.17 bits per heavy atom. The van der Waals surface area contributed by atoms with Crippen molar-refractivity contribution in [1.82, 2.24) is 0 Å². The smallest absolute Gasteiger partial charge is 0.0357 e. The van der Waals surface area contributed by atoms with E-state index in [1.807, 2.05) is 0 Å². The van der Waals surface area contributed by atoms with Crippen LogP contribution in [-0.4, -0.2) is 0 Å². The molecule has 0 spiro atoms. The Labute approximate surface area is 114 Å². The lowest BCUT2D eigenvalue weighted by molar-refractivity contribution is 0.0919. The fourth-order valence-electron chi connectivity index (χ4n) is 5.51. The van der Waals surface area contributed by atoms with E-state index in [9.17, 15) is 0 Å². The predicted octanol–water partition coefficient (Wildman–Crippen LogP) is 5.81. The first-order valence-corrected chi connectivity index (χ1v) is 8.84. The van der Waals surface area contributed by atoms with Crippen molar-refractivity contribution in [2.45, 2.75) is 84.0 Å². The molecule has 3 aliphatic rings. The van der Waals surface area contributed by atoms with E-state index in [1.54, 1.807) is 51.4 Å². The maximum absolute atomic E-state index is 2.50. The molecule has 0 amide bonds. The lowest BCUT2D eigenvalue weighted by atomic mass is 9.64. The quantitative estimate of drug-likeness (QED) is 0.591. The summed E-state index contributed by atoms with van der Waals surface area (Å²) in [5.74, 6) is 5.53. The van der Waals surface area contributed by atoms with Gasteiger partial charge in [-0.2, -0.15) is 0 Å². The van der Waals surface area contributed by atoms with Crippen molar-refractivity contribution in [2.75, 3.05) is 0 Å². The fourth-order valence-corrected chi connectivity index (χ4v) is 5.51. The van der Waals surface area contributed by atoms with Crippen LogP contribution in [0.25, 0.3) is 0 Å². The Kier molecular flexibility index (Phi) is 4.31. The third-order valence-corrected chi connectivity index (χ3v) is 6.67. The van der Waals surface area contributed by atoms with E-state index in [0.717, 1.165) is 29.6 Å². The van der Waals surface area contributed by atoms with Crippen LogP contribution in [0.4, 0.5) is 0 Å². The average Bonchev–Trinajstić information content (AvgIpc) is 2.82. The Morgan fingerprint density at radius 2 is 1.33 bits per heavy atom. The summed E-state index contributed by atoms with van der Waals surface area (Å²) < 4.78 is 0. The van der Waals surface area contributed by atoms with Crippen molar-refractivity contribution >= 4 is 0 Å². The highest BCUT2D eigenvalue weighted by Crippen LogP contribution is 2.46. The predicted molar refractivity (Wildman–Crippen MR) is 78.5 cm³/mol. The molecule has 0 aromatic carbocycles. The summed E-state index contributed by atoms with van der Waals surface area (Å²) in [5.41, 5.74) is 0. The summed E-state index contributed by atoms with van der Waals surface area (Å²) in [6.45, 7) is 2.50. The van der Waals surface area contributed by atoms with Gasteiger partial charge >= 0.3 is 0 Å². The van der Waals surface area contributed by atoms with Gasteiger partial charge < -0.3 is 0 Å². The molecule has 0 aliphatic heterocycles. The van der Waals surface area contributed by atoms with Gasteiger partial charge in [-0.3, -0.25) is 0 Å². The Bertz CT molecular complexity index is 255. The van der Waals surface area contributed by atoms with Crippen molar-refractivity contribution in [2.24, 2.45) is 29.6 Å². The third-order valence-electron chi connectivity index (χ3n) is 6.67. The molecule has 104 valence electrons. The zero-order valence-corrected chi connectivity index (χ0v) is 12.4. The zero-order chi connectivity index (χ0) is 12.4. The molecule has 0 radical (unpaired) electrons. The van der Waals surface area contributed by atoms with Crippen LogP contribution in [0, 0.1) is 29.6 Å². The van der Waals surface area contributed by atoms with Crippen LogP contribution >= 0.6 is 0 Å². The van der Waals surface area contributed by atoms with Gasteiger partial charge in [0.05, 0.1) is 0 Å². The van der Waals surface area contributed by atoms with Gasteiger partial charge in [0.25, 0.3) is 0 Å². The van der Waals surface area contributed by atoms with Crippen molar-refractivity contribution in [3.8, 4) is 0 Å². The summed E-state index contributed by atoms with van der Waals surface area (Å²) in [7, 11) is 0. The van der Waals surface area contributed by atoms with E-state index in [2.05, 4.69) is 6.92 Å². The summed E-state index contributed by atoms with van der Waals surface area (Å²) in [6.07, 6.45) is 18.6. The van der Waals surface area contributed by atoms with Gasteiger partial charge in [0, 0.05) is 0 Å². The topological polar surface area (TPSA) is 0 Å². The minimum absolute atomic E-state index is 1.04. The molecular weight excluding hydrogens is 216 g/mol. The number of hydrogen-bond acceptors (Lipinski definition) is 0. The van der Waals surface area contributed by atoms with E-state index < -0.39 is 0 Å². The van der Waals surface area contributed by atoms with E-state index in [4.69, 9.17) is 0 Å². The molecule has 3 aliphatic carbocycles. The van der Waals surface area contributed by atoms with Crippen LogP contribution in [0.5, 0.6) is 0 Å². The Morgan fingerprint density at radius 1 is 0.667 bits per heavy atom. The van der Waals surface area contributed by atoms with Crippen LogP contribution in [0.3, 0.4) is 0 Å². The maximum atomic E-state index is 2.50. The van der Waals surface area contributed by atoms with Gasteiger partial charge in [-0.25, -0.2) is 0 Å². The van der Waals surface area contributed by atoms with Gasteiger partial charge in [0.15, 0.2) is 0 Å². The van der Waals surface area contributed by atoms with Crippen LogP contribution < -0.4 is 0 Å². The van der Waals surface area contributed by atoms with E-state index in [0.29, 0.717) is 0 Å². The highest BCUT2D eigenvalue weighted by atomic mass is 14.4. The minimum Gasteiger partial charge on any atom is -0.0622 e. The van der Waals surface area contributed by atoms with Crippen LogP contribution in [0.2, 0.25) is 0 Å². The van der Waals surface area contributed by atoms with E-state index in [-0.39, 0.29) is 0 Å². The average molecular weight is 248 g/mol. The van der Waals surface area contributed by atoms with Crippen molar-refractivity contribution in [3.63, 3.8) is 0 Å². The second-order valence-corrected chi connectivity index (χ2v) is 7.64. The monoisotopic (exact) mass is 248 g/mol. The molecule has 18 heavy (non-hydrogen) atoms. The molecule has 0 nitrogen and oxygen atoms in total.